The average molecular weight is 217 g/mol. The molecule has 2 heteroatoms. The third-order valence-electron chi connectivity index (χ3n) is 3.98. The molecule has 0 atom stereocenters. The Morgan fingerprint density at radius 2 is 2.06 bits per heavy atom. The first-order valence-corrected chi connectivity index (χ1v) is 6.19. The van der Waals surface area contributed by atoms with Crippen LogP contribution in [0.15, 0.2) is 18.2 Å². The van der Waals surface area contributed by atoms with Crippen LogP contribution in [0, 0.1) is 0 Å². The predicted octanol–water partition coefficient (Wildman–Crippen LogP) is 1.66. The zero-order valence-electron chi connectivity index (χ0n) is 9.88. The molecule has 3 rings (SSSR count). The van der Waals surface area contributed by atoms with E-state index < -0.39 is 0 Å². The lowest BCUT2D eigenvalue weighted by molar-refractivity contribution is -0.0582. The summed E-state index contributed by atoms with van der Waals surface area (Å²) in [6.07, 6.45) is 3.86. The summed E-state index contributed by atoms with van der Waals surface area (Å²) in [6.45, 7) is 2.76. The molecule has 0 radical (unpaired) electrons. The highest BCUT2D eigenvalue weighted by molar-refractivity contribution is 5.40. The molecule has 0 bridgehead atoms. The molecule has 1 aromatic carbocycles. The first-order valence-electron chi connectivity index (χ1n) is 6.19. The predicted molar refractivity (Wildman–Crippen MR) is 64.9 cm³/mol. The van der Waals surface area contributed by atoms with E-state index in [9.17, 15) is 0 Å². The summed E-state index contributed by atoms with van der Waals surface area (Å²) in [5, 5.41) is 3.30. The molecule has 1 saturated heterocycles. The number of rotatable bonds is 3. The molecule has 1 heterocycles. The van der Waals surface area contributed by atoms with E-state index in [1.54, 1.807) is 11.1 Å². The molecule has 0 amide bonds. The number of ether oxygens (including phenoxy) is 1. The largest absolute Gasteiger partial charge is 0.379 e. The van der Waals surface area contributed by atoms with Gasteiger partial charge >= 0.3 is 0 Å². The van der Waals surface area contributed by atoms with E-state index in [1.165, 1.54) is 24.8 Å². The minimum atomic E-state index is 0.242. The van der Waals surface area contributed by atoms with Crippen LogP contribution in [0.4, 0.5) is 0 Å². The van der Waals surface area contributed by atoms with Gasteiger partial charge in [0.2, 0.25) is 0 Å². The first kappa shape index (κ1) is 10.3. The molecule has 16 heavy (non-hydrogen) atoms. The van der Waals surface area contributed by atoms with Crippen LogP contribution in [0.25, 0.3) is 0 Å². The van der Waals surface area contributed by atoms with Crippen LogP contribution >= 0.6 is 0 Å². The normalized spacial score (nSPS) is 21.6. The molecule has 1 N–H and O–H groups in total. The summed E-state index contributed by atoms with van der Waals surface area (Å²) in [5.74, 6) is 0. The fraction of sp³-hybridized carbons (Fsp3) is 0.571. The summed E-state index contributed by atoms with van der Waals surface area (Å²) < 4.78 is 5.42. The lowest BCUT2D eigenvalue weighted by atomic mass is 9.77. The monoisotopic (exact) mass is 217 g/mol. The van der Waals surface area contributed by atoms with Gasteiger partial charge in [0.25, 0.3) is 0 Å². The molecule has 0 unspecified atom stereocenters. The third kappa shape index (κ3) is 1.48. The van der Waals surface area contributed by atoms with Crippen molar-refractivity contribution in [2.75, 3.05) is 26.8 Å². The van der Waals surface area contributed by atoms with Gasteiger partial charge in [0.1, 0.15) is 0 Å². The topological polar surface area (TPSA) is 21.3 Å². The second-order valence-electron chi connectivity index (χ2n) is 5.14. The van der Waals surface area contributed by atoms with E-state index in [-0.39, 0.29) is 5.41 Å². The maximum Gasteiger partial charge on any atom is 0.0598 e. The van der Waals surface area contributed by atoms with Gasteiger partial charge in [0, 0.05) is 6.54 Å². The van der Waals surface area contributed by atoms with E-state index in [1.807, 2.05) is 7.05 Å². The van der Waals surface area contributed by atoms with Crippen molar-refractivity contribution >= 4 is 0 Å². The first-order chi connectivity index (χ1) is 7.84. The fourth-order valence-electron chi connectivity index (χ4n) is 2.96. The van der Waals surface area contributed by atoms with Crippen molar-refractivity contribution in [2.24, 2.45) is 0 Å². The number of nitrogens with one attached hydrogen (secondary N) is 1. The van der Waals surface area contributed by atoms with Gasteiger partial charge in [-0.1, -0.05) is 18.2 Å². The van der Waals surface area contributed by atoms with Crippen molar-refractivity contribution in [2.45, 2.75) is 24.7 Å². The molecule has 2 aliphatic rings. The molecule has 0 aromatic heterocycles. The lowest BCUT2D eigenvalue weighted by Crippen LogP contribution is -2.52. The van der Waals surface area contributed by atoms with E-state index in [0.29, 0.717) is 0 Å². The Balaban J connectivity index is 1.93. The second kappa shape index (κ2) is 3.86. The highest BCUT2D eigenvalue weighted by Gasteiger charge is 2.40. The molecule has 1 aliphatic carbocycles. The number of hydrogen-bond donors (Lipinski definition) is 1. The highest BCUT2D eigenvalue weighted by Crippen LogP contribution is 2.34. The Labute approximate surface area is 97.0 Å². The zero-order valence-corrected chi connectivity index (χ0v) is 9.88. The molecule has 1 fully saturated rings. The SMILES string of the molecule is CNCC1(c2ccc3c(c2)CCC3)COC1. The van der Waals surface area contributed by atoms with Gasteiger partial charge in [-0.3, -0.25) is 0 Å². The molecule has 0 spiro atoms. The standard InChI is InChI=1S/C14H19NO/c1-15-8-14(9-16-10-14)13-6-5-11-3-2-4-12(11)7-13/h5-7,15H,2-4,8-10H2,1H3. The van der Waals surface area contributed by atoms with Gasteiger partial charge in [-0.2, -0.15) is 0 Å². The molecular formula is C14H19NO. The number of fused-ring (bicyclic) bond motifs is 1. The van der Waals surface area contributed by atoms with E-state index in [2.05, 4.69) is 23.5 Å². The van der Waals surface area contributed by atoms with Crippen molar-refractivity contribution in [3.05, 3.63) is 34.9 Å². The number of benzene rings is 1. The van der Waals surface area contributed by atoms with Gasteiger partial charge < -0.3 is 10.1 Å². The number of aryl methyl sites for hydroxylation is 2. The third-order valence-corrected chi connectivity index (χ3v) is 3.98. The van der Waals surface area contributed by atoms with E-state index in [0.717, 1.165) is 19.8 Å². The van der Waals surface area contributed by atoms with Crippen LogP contribution in [-0.2, 0) is 23.0 Å². The van der Waals surface area contributed by atoms with Crippen LogP contribution in [0.3, 0.4) is 0 Å². The smallest absolute Gasteiger partial charge is 0.0598 e. The number of likely N-dealkylation sites (N-methyl/N-ethyl adjacent to an activating group) is 1. The van der Waals surface area contributed by atoms with Crippen LogP contribution in [0.5, 0.6) is 0 Å². The van der Waals surface area contributed by atoms with Crippen molar-refractivity contribution in [3.63, 3.8) is 0 Å². The quantitative estimate of drug-likeness (QED) is 0.831. The minimum absolute atomic E-state index is 0.242. The van der Waals surface area contributed by atoms with Gasteiger partial charge in [0.05, 0.1) is 18.6 Å². The molecule has 2 nitrogen and oxygen atoms in total. The van der Waals surface area contributed by atoms with Crippen molar-refractivity contribution in [1.29, 1.82) is 0 Å². The molecular weight excluding hydrogens is 198 g/mol. The zero-order chi connectivity index (χ0) is 11.0. The number of hydrogen-bond acceptors (Lipinski definition) is 2. The van der Waals surface area contributed by atoms with E-state index in [4.69, 9.17) is 4.74 Å². The maximum atomic E-state index is 5.42. The van der Waals surface area contributed by atoms with Crippen molar-refractivity contribution < 1.29 is 4.74 Å². The Morgan fingerprint density at radius 1 is 1.25 bits per heavy atom. The van der Waals surface area contributed by atoms with Gasteiger partial charge in [-0.05, 0) is 43.0 Å². The minimum Gasteiger partial charge on any atom is -0.379 e. The van der Waals surface area contributed by atoms with Crippen LogP contribution in [-0.4, -0.2) is 26.8 Å². The van der Waals surface area contributed by atoms with Gasteiger partial charge in [-0.15, -0.1) is 0 Å². The summed E-state index contributed by atoms with van der Waals surface area (Å²) in [5.41, 5.74) is 4.84. The summed E-state index contributed by atoms with van der Waals surface area (Å²) >= 11 is 0. The molecule has 1 aromatic rings. The Kier molecular flexibility index (Phi) is 2.49. The van der Waals surface area contributed by atoms with Crippen LogP contribution in [0.1, 0.15) is 23.1 Å². The van der Waals surface area contributed by atoms with Crippen LogP contribution < -0.4 is 5.32 Å². The summed E-state index contributed by atoms with van der Waals surface area (Å²) in [7, 11) is 2.02. The molecule has 0 saturated carbocycles. The van der Waals surface area contributed by atoms with Gasteiger partial charge in [-0.25, -0.2) is 0 Å². The van der Waals surface area contributed by atoms with Gasteiger partial charge in [0.15, 0.2) is 0 Å². The Bertz CT molecular complexity index is 396. The highest BCUT2D eigenvalue weighted by atomic mass is 16.5. The van der Waals surface area contributed by atoms with Crippen molar-refractivity contribution in [3.8, 4) is 0 Å². The second-order valence-corrected chi connectivity index (χ2v) is 5.14. The summed E-state index contributed by atoms with van der Waals surface area (Å²) in [4.78, 5) is 0. The van der Waals surface area contributed by atoms with Crippen LogP contribution in [0.2, 0.25) is 0 Å². The Hall–Kier alpha value is -0.860. The Morgan fingerprint density at radius 3 is 2.75 bits per heavy atom. The van der Waals surface area contributed by atoms with Crippen molar-refractivity contribution in [1.82, 2.24) is 5.32 Å². The fourth-order valence-corrected chi connectivity index (χ4v) is 2.96. The molecule has 86 valence electrons. The van der Waals surface area contributed by atoms with E-state index >= 15 is 0 Å². The summed E-state index contributed by atoms with van der Waals surface area (Å²) in [6, 6.07) is 7.06. The lowest BCUT2D eigenvalue weighted by Gasteiger charge is -2.42. The molecule has 1 aliphatic heterocycles. The average Bonchev–Trinajstić information content (AvgIpc) is 2.70. The maximum absolute atomic E-state index is 5.42.